The summed E-state index contributed by atoms with van der Waals surface area (Å²) in [5.41, 5.74) is 0.486. The monoisotopic (exact) mass is 256 g/mol. The lowest BCUT2D eigenvalue weighted by atomic mass is 9.82. The van der Waals surface area contributed by atoms with Gasteiger partial charge in [0.15, 0.2) is 0 Å². The van der Waals surface area contributed by atoms with Crippen molar-refractivity contribution in [2.45, 2.75) is 46.1 Å². The van der Waals surface area contributed by atoms with E-state index in [0.717, 1.165) is 26.1 Å². The molecule has 0 radical (unpaired) electrons. The Morgan fingerprint density at radius 3 is 2.50 bits per heavy atom. The van der Waals surface area contributed by atoms with Crippen LogP contribution in [0.2, 0.25) is 0 Å². The van der Waals surface area contributed by atoms with Gasteiger partial charge in [0.1, 0.15) is 6.04 Å². The predicted molar refractivity (Wildman–Crippen MR) is 73.6 cm³/mol. The van der Waals surface area contributed by atoms with Crippen LogP contribution < -0.4 is 5.32 Å². The van der Waals surface area contributed by atoms with Crippen molar-refractivity contribution in [3.8, 4) is 0 Å². The average Bonchev–Trinajstić information content (AvgIpc) is 2.32. The summed E-state index contributed by atoms with van der Waals surface area (Å²) < 4.78 is 5.05. The maximum atomic E-state index is 11.6. The van der Waals surface area contributed by atoms with Gasteiger partial charge in [-0.1, -0.05) is 13.8 Å². The molecule has 106 valence electrons. The minimum absolute atomic E-state index is 0.127. The van der Waals surface area contributed by atoms with Crippen LogP contribution in [0.1, 0.15) is 40.0 Å². The van der Waals surface area contributed by atoms with Crippen molar-refractivity contribution in [3.05, 3.63) is 0 Å². The molecule has 0 aromatic heterocycles. The van der Waals surface area contributed by atoms with Crippen LogP contribution in [0.5, 0.6) is 0 Å². The second kappa shape index (κ2) is 7.10. The number of nitrogens with zero attached hydrogens (tertiary/aromatic N) is 1. The van der Waals surface area contributed by atoms with Gasteiger partial charge in [-0.05, 0) is 51.7 Å². The Hall–Kier alpha value is -0.610. The van der Waals surface area contributed by atoms with E-state index in [-0.39, 0.29) is 12.0 Å². The Morgan fingerprint density at radius 1 is 1.39 bits per heavy atom. The highest BCUT2D eigenvalue weighted by molar-refractivity contribution is 5.75. The number of carbonyl (C=O) groups excluding carboxylic acids is 1. The topological polar surface area (TPSA) is 41.6 Å². The Kier molecular flexibility index (Phi) is 6.09. The first kappa shape index (κ1) is 15.4. The SMILES string of the molecule is CCOC(=O)C(CCN1CCC(C)(C)CC1)NC. The van der Waals surface area contributed by atoms with E-state index in [4.69, 9.17) is 4.74 Å². The van der Waals surface area contributed by atoms with E-state index in [1.165, 1.54) is 12.8 Å². The summed E-state index contributed by atoms with van der Waals surface area (Å²) in [5, 5.41) is 3.04. The molecular weight excluding hydrogens is 228 g/mol. The first-order chi connectivity index (χ1) is 8.48. The Bertz CT molecular complexity index is 257. The van der Waals surface area contributed by atoms with Crippen LogP contribution in [0, 0.1) is 5.41 Å². The number of likely N-dealkylation sites (tertiary alicyclic amines) is 1. The third-order valence-electron chi connectivity index (χ3n) is 3.86. The van der Waals surface area contributed by atoms with Gasteiger partial charge in [-0.15, -0.1) is 0 Å². The first-order valence-corrected chi connectivity index (χ1v) is 7.05. The summed E-state index contributed by atoms with van der Waals surface area (Å²) in [6.45, 7) is 10.2. The summed E-state index contributed by atoms with van der Waals surface area (Å²) in [4.78, 5) is 14.1. The van der Waals surface area contributed by atoms with E-state index >= 15 is 0 Å². The molecule has 1 fully saturated rings. The van der Waals surface area contributed by atoms with Crippen molar-refractivity contribution in [3.63, 3.8) is 0 Å². The van der Waals surface area contributed by atoms with Gasteiger partial charge < -0.3 is 15.0 Å². The zero-order valence-corrected chi connectivity index (χ0v) is 12.3. The standard InChI is InChI=1S/C14H28N2O2/c1-5-18-13(17)12(15-4)6-9-16-10-7-14(2,3)8-11-16/h12,15H,5-11H2,1-4H3. The number of ether oxygens (including phenoxy) is 1. The quantitative estimate of drug-likeness (QED) is 0.734. The lowest BCUT2D eigenvalue weighted by molar-refractivity contribution is -0.145. The van der Waals surface area contributed by atoms with Gasteiger partial charge in [0.25, 0.3) is 0 Å². The molecule has 1 aliphatic rings. The summed E-state index contributed by atoms with van der Waals surface area (Å²) in [5.74, 6) is -0.127. The van der Waals surface area contributed by atoms with Gasteiger partial charge in [0.2, 0.25) is 0 Å². The lowest BCUT2D eigenvalue weighted by Gasteiger charge is -2.37. The predicted octanol–water partition coefficient (Wildman–Crippen LogP) is 1.65. The van der Waals surface area contributed by atoms with Crippen molar-refractivity contribution < 1.29 is 9.53 Å². The van der Waals surface area contributed by atoms with Crippen LogP contribution in [-0.2, 0) is 9.53 Å². The molecule has 1 rings (SSSR count). The van der Waals surface area contributed by atoms with Crippen molar-refractivity contribution in [2.75, 3.05) is 33.3 Å². The molecule has 1 N–H and O–H groups in total. The number of likely N-dealkylation sites (N-methyl/N-ethyl adjacent to an activating group) is 1. The molecule has 0 bridgehead atoms. The fourth-order valence-electron chi connectivity index (χ4n) is 2.32. The molecule has 0 aromatic carbocycles. The number of hydrogen-bond donors (Lipinski definition) is 1. The van der Waals surface area contributed by atoms with E-state index in [1.54, 1.807) is 0 Å². The molecule has 4 heteroatoms. The van der Waals surface area contributed by atoms with Crippen molar-refractivity contribution in [2.24, 2.45) is 5.41 Å². The van der Waals surface area contributed by atoms with Crippen LogP contribution in [0.3, 0.4) is 0 Å². The van der Waals surface area contributed by atoms with Gasteiger partial charge >= 0.3 is 5.97 Å². The zero-order valence-electron chi connectivity index (χ0n) is 12.3. The largest absolute Gasteiger partial charge is 0.465 e. The summed E-state index contributed by atoms with van der Waals surface area (Å²) in [6.07, 6.45) is 3.32. The molecule has 1 atom stereocenters. The molecule has 1 heterocycles. The molecule has 1 aliphatic heterocycles. The minimum Gasteiger partial charge on any atom is -0.465 e. The number of esters is 1. The fourth-order valence-corrected chi connectivity index (χ4v) is 2.32. The van der Waals surface area contributed by atoms with Crippen molar-refractivity contribution in [1.82, 2.24) is 10.2 Å². The lowest BCUT2D eigenvalue weighted by Crippen LogP contribution is -2.42. The average molecular weight is 256 g/mol. The second-order valence-electron chi connectivity index (χ2n) is 5.89. The third kappa shape index (κ3) is 4.94. The molecular formula is C14H28N2O2. The highest BCUT2D eigenvalue weighted by atomic mass is 16.5. The number of hydrogen-bond acceptors (Lipinski definition) is 4. The first-order valence-electron chi connectivity index (χ1n) is 7.05. The van der Waals surface area contributed by atoms with E-state index in [2.05, 4.69) is 24.1 Å². The molecule has 0 saturated carbocycles. The smallest absolute Gasteiger partial charge is 0.323 e. The highest BCUT2D eigenvalue weighted by Gasteiger charge is 2.26. The molecule has 0 aliphatic carbocycles. The normalized spacial score (nSPS) is 21.6. The third-order valence-corrected chi connectivity index (χ3v) is 3.86. The number of piperidine rings is 1. The summed E-state index contributed by atoms with van der Waals surface area (Å²) >= 11 is 0. The number of carbonyl (C=O) groups is 1. The van der Waals surface area contributed by atoms with E-state index in [9.17, 15) is 4.79 Å². The van der Waals surface area contributed by atoms with Crippen LogP contribution in [0.4, 0.5) is 0 Å². The van der Waals surface area contributed by atoms with E-state index in [0.29, 0.717) is 12.0 Å². The van der Waals surface area contributed by atoms with Crippen LogP contribution >= 0.6 is 0 Å². The molecule has 4 nitrogen and oxygen atoms in total. The zero-order chi connectivity index (χ0) is 13.6. The van der Waals surface area contributed by atoms with Crippen LogP contribution in [0.25, 0.3) is 0 Å². The maximum absolute atomic E-state index is 11.6. The minimum atomic E-state index is -0.167. The molecule has 18 heavy (non-hydrogen) atoms. The van der Waals surface area contributed by atoms with Crippen molar-refractivity contribution in [1.29, 1.82) is 0 Å². The van der Waals surface area contributed by atoms with Gasteiger partial charge in [0.05, 0.1) is 6.61 Å². The highest BCUT2D eigenvalue weighted by Crippen LogP contribution is 2.29. The second-order valence-corrected chi connectivity index (χ2v) is 5.89. The number of nitrogens with one attached hydrogen (secondary N) is 1. The molecule has 0 spiro atoms. The number of rotatable bonds is 6. The van der Waals surface area contributed by atoms with E-state index < -0.39 is 0 Å². The Morgan fingerprint density at radius 2 is 2.00 bits per heavy atom. The van der Waals surface area contributed by atoms with Gasteiger partial charge in [-0.2, -0.15) is 0 Å². The van der Waals surface area contributed by atoms with Crippen molar-refractivity contribution >= 4 is 5.97 Å². The molecule has 1 saturated heterocycles. The molecule has 0 amide bonds. The molecule has 0 aromatic rings. The molecule has 1 unspecified atom stereocenters. The van der Waals surface area contributed by atoms with E-state index in [1.807, 2.05) is 14.0 Å². The fraction of sp³-hybridized carbons (Fsp3) is 0.929. The van der Waals surface area contributed by atoms with Gasteiger partial charge in [-0.3, -0.25) is 4.79 Å². The summed E-state index contributed by atoms with van der Waals surface area (Å²) in [6, 6.07) is -0.167. The van der Waals surface area contributed by atoms with Crippen LogP contribution in [0.15, 0.2) is 0 Å². The van der Waals surface area contributed by atoms with Gasteiger partial charge in [-0.25, -0.2) is 0 Å². The Balaban J connectivity index is 2.29. The summed E-state index contributed by atoms with van der Waals surface area (Å²) in [7, 11) is 1.82. The van der Waals surface area contributed by atoms with Crippen LogP contribution in [-0.4, -0.2) is 50.2 Å². The Labute approximate surface area is 111 Å². The van der Waals surface area contributed by atoms with Gasteiger partial charge in [0, 0.05) is 6.54 Å². The maximum Gasteiger partial charge on any atom is 0.323 e.